The van der Waals surface area contributed by atoms with Crippen molar-refractivity contribution in [3.63, 3.8) is 0 Å². The molecule has 162 valence electrons. The van der Waals surface area contributed by atoms with Crippen molar-refractivity contribution in [1.29, 1.82) is 0 Å². The monoisotopic (exact) mass is 421 g/mol. The molecule has 0 spiro atoms. The second kappa shape index (κ2) is 9.29. The number of benzene rings is 2. The fourth-order valence-electron chi connectivity index (χ4n) is 4.56. The molecule has 0 saturated carbocycles. The number of piperidine rings is 2. The summed E-state index contributed by atoms with van der Waals surface area (Å²) in [5, 5.41) is 11.8. The number of nitro benzene ring substituents is 1. The summed E-state index contributed by atoms with van der Waals surface area (Å²) in [5.41, 5.74) is 1.35. The predicted molar refractivity (Wildman–Crippen MR) is 118 cm³/mol. The van der Waals surface area contributed by atoms with Crippen LogP contribution in [0, 0.1) is 16.0 Å². The third kappa shape index (κ3) is 4.76. The third-order valence-corrected chi connectivity index (χ3v) is 6.33. The fourth-order valence-corrected chi connectivity index (χ4v) is 4.56. The van der Waals surface area contributed by atoms with E-state index >= 15 is 0 Å². The van der Waals surface area contributed by atoms with Gasteiger partial charge in [-0.25, -0.2) is 0 Å². The normalized spacial score (nSPS) is 17.6. The van der Waals surface area contributed by atoms with Crippen LogP contribution in [0.5, 0.6) is 0 Å². The number of likely N-dealkylation sites (tertiary alicyclic amines) is 1. The second-order valence-electron chi connectivity index (χ2n) is 8.38. The van der Waals surface area contributed by atoms with E-state index in [9.17, 15) is 19.7 Å². The molecule has 4 rings (SSSR count). The van der Waals surface area contributed by atoms with Crippen LogP contribution in [0.15, 0.2) is 48.5 Å². The number of hydrogen-bond donors (Lipinski definition) is 0. The number of anilines is 1. The minimum atomic E-state index is -0.407. The fraction of sp³-hybridized carbons (Fsp3) is 0.417. The lowest BCUT2D eigenvalue weighted by molar-refractivity contribution is -0.384. The van der Waals surface area contributed by atoms with Crippen LogP contribution in [-0.2, 0) is 4.79 Å². The van der Waals surface area contributed by atoms with Gasteiger partial charge in [-0.3, -0.25) is 19.7 Å². The number of hydrogen-bond acceptors (Lipinski definition) is 5. The smallest absolute Gasteiger partial charge is 0.293 e. The average Bonchev–Trinajstić information content (AvgIpc) is 2.81. The Hall–Kier alpha value is -3.22. The largest absolute Gasteiger partial charge is 0.366 e. The molecule has 2 fully saturated rings. The second-order valence-corrected chi connectivity index (χ2v) is 8.38. The topological polar surface area (TPSA) is 83.8 Å². The number of rotatable bonds is 6. The van der Waals surface area contributed by atoms with Crippen molar-refractivity contribution in [2.75, 3.05) is 31.1 Å². The van der Waals surface area contributed by atoms with Crippen LogP contribution in [0.3, 0.4) is 0 Å². The number of ketones is 1. The molecule has 2 aliphatic heterocycles. The van der Waals surface area contributed by atoms with E-state index in [1.54, 1.807) is 36.4 Å². The maximum Gasteiger partial charge on any atom is 0.293 e. The van der Waals surface area contributed by atoms with Crippen molar-refractivity contribution < 1.29 is 14.5 Å². The molecule has 0 N–H and O–H groups in total. The molecule has 0 aliphatic carbocycles. The van der Waals surface area contributed by atoms with Crippen LogP contribution < -0.4 is 4.90 Å². The zero-order chi connectivity index (χ0) is 21.8. The highest BCUT2D eigenvalue weighted by Gasteiger charge is 2.28. The Bertz CT molecular complexity index is 968. The van der Waals surface area contributed by atoms with Gasteiger partial charge in [-0.2, -0.15) is 0 Å². The van der Waals surface area contributed by atoms with E-state index < -0.39 is 4.92 Å². The standard InChI is InChI=1S/C24H27N3O4/c28-23-8-4-5-13-26(23)17-18-11-14-25(15-12-18)21-10-9-20(16-22(21)27(30)31)24(29)19-6-2-1-3-7-19/h1-3,6-7,9-10,16,18H,4-5,8,11-15,17H2. The summed E-state index contributed by atoms with van der Waals surface area (Å²) < 4.78 is 0. The van der Waals surface area contributed by atoms with Crippen molar-refractivity contribution in [1.82, 2.24) is 4.90 Å². The lowest BCUT2D eigenvalue weighted by Gasteiger charge is -2.36. The summed E-state index contributed by atoms with van der Waals surface area (Å²) >= 11 is 0. The molecule has 2 saturated heterocycles. The molecule has 0 atom stereocenters. The van der Waals surface area contributed by atoms with E-state index in [0.29, 0.717) is 42.2 Å². The van der Waals surface area contributed by atoms with Crippen LogP contribution in [0.1, 0.15) is 48.0 Å². The molecule has 31 heavy (non-hydrogen) atoms. The van der Waals surface area contributed by atoms with Gasteiger partial charge >= 0.3 is 0 Å². The lowest BCUT2D eigenvalue weighted by Crippen LogP contribution is -2.42. The predicted octanol–water partition coefficient (Wildman–Crippen LogP) is 4.05. The molecule has 1 amide bonds. The third-order valence-electron chi connectivity index (χ3n) is 6.33. The molecule has 2 aromatic rings. The molecule has 2 heterocycles. The van der Waals surface area contributed by atoms with Crippen LogP contribution in [0.25, 0.3) is 0 Å². The highest BCUT2D eigenvalue weighted by atomic mass is 16.6. The minimum absolute atomic E-state index is 0.0357. The molecular weight excluding hydrogens is 394 g/mol. The van der Waals surface area contributed by atoms with Gasteiger partial charge in [-0.15, -0.1) is 0 Å². The zero-order valence-corrected chi connectivity index (χ0v) is 17.5. The number of carbonyl (C=O) groups excluding carboxylic acids is 2. The Labute approximate surface area is 181 Å². The van der Waals surface area contributed by atoms with Gasteiger partial charge in [-0.05, 0) is 43.7 Å². The maximum absolute atomic E-state index is 12.7. The van der Waals surface area contributed by atoms with Crippen molar-refractivity contribution in [3.8, 4) is 0 Å². The number of carbonyl (C=O) groups is 2. The number of nitro groups is 1. The first-order chi connectivity index (χ1) is 15.0. The van der Waals surface area contributed by atoms with Gasteiger partial charge in [0.05, 0.1) is 4.92 Å². The summed E-state index contributed by atoms with van der Waals surface area (Å²) in [4.78, 5) is 40.1. The van der Waals surface area contributed by atoms with Gasteiger partial charge in [0.1, 0.15) is 5.69 Å². The molecule has 7 heteroatoms. The average molecular weight is 421 g/mol. The number of amides is 1. The highest BCUT2D eigenvalue weighted by Crippen LogP contribution is 2.33. The van der Waals surface area contributed by atoms with Gasteiger partial charge < -0.3 is 9.80 Å². The van der Waals surface area contributed by atoms with E-state index in [-0.39, 0.29) is 17.4 Å². The summed E-state index contributed by atoms with van der Waals surface area (Å²) in [6.45, 7) is 3.06. The Morgan fingerprint density at radius 2 is 1.74 bits per heavy atom. The van der Waals surface area contributed by atoms with Crippen LogP contribution in [0.4, 0.5) is 11.4 Å². The first-order valence-corrected chi connectivity index (χ1v) is 10.9. The summed E-state index contributed by atoms with van der Waals surface area (Å²) in [6, 6.07) is 13.6. The first kappa shape index (κ1) is 21.0. The quantitative estimate of drug-likeness (QED) is 0.399. The van der Waals surface area contributed by atoms with Crippen LogP contribution in [-0.4, -0.2) is 47.7 Å². The van der Waals surface area contributed by atoms with Gasteiger partial charge in [0.15, 0.2) is 5.78 Å². The van der Waals surface area contributed by atoms with Gasteiger partial charge in [0.25, 0.3) is 5.69 Å². The Morgan fingerprint density at radius 1 is 1.00 bits per heavy atom. The molecule has 7 nitrogen and oxygen atoms in total. The Balaban J connectivity index is 1.45. The molecule has 0 unspecified atom stereocenters. The van der Waals surface area contributed by atoms with Crippen molar-refractivity contribution in [2.24, 2.45) is 5.92 Å². The van der Waals surface area contributed by atoms with Crippen molar-refractivity contribution in [2.45, 2.75) is 32.1 Å². The molecule has 2 aliphatic rings. The van der Waals surface area contributed by atoms with Gasteiger partial charge in [0.2, 0.25) is 5.91 Å². The minimum Gasteiger partial charge on any atom is -0.366 e. The first-order valence-electron chi connectivity index (χ1n) is 10.9. The van der Waals surface area contributed by atoms with E-state index in [2.05, 4.69) is 0 Å². The highest BCUT2D eigenvalue weighted by molar-refractivity contribution is 6.09. The molecule has 0 bridgehead atoms. The SMILES string of the molecule is O=C(c1ccccc1)c1ccc(N2CCC(CN3CCCCC3=O)CC2)c([N+](=O)[O-])c1. The Kier molecular flexibility index (Phi) is 6.30. The van der Waals surface area contributed by atoms with Crippen LogP contribution >= 0.6 is 0 Å². The molecule has 0 aromatic heterocycles. The van der Waals surface area contributed by atoms with E-state index in [0.717, 1.165) is 38.8 Å². The maximum atomic E-state index is 12.7. The zero-order valence-electron chi connectivity index (χ0n) is 17.5. The van der Waals surface area contributed by atoms with Gasteiger partial charge in [0, 0.05) is 49.8 Å². The van der Waals surface area contributed by atoms with E-state index in [1.807, 2.05) is 15.9 Å². The molecular formula is C24H27N3O4. The summed E-state index contributed by atoms with van der Waals surface area (Å²) in [5.74, 6) is 0.458. The Morgan fingerprint density at radius 3 is 2.42 bits per heavy atom. The van der Waals surface area contributed by atoms with Crippen molar-refractivity contribution in [3.05, 3.63) is 69.8 Å². The number of nitrogens with zero attached hydrogens (tertiary/aromatic N) is 3. The van der Waals surface area contributed by atoms with E-state index in [1.165, 1.54) is 6.07 Å². The molecule has 2 aromatic carbocycles. The lowest BCUT2D eigenvalue weighted by atomic mass is 9.94. The van der Waals surface area contributed by atoms with Crippen molar-refractivity contribution >= 4 is 23.1 Å². The summed E-state index contributed by atoms with van der Waals surface area (Å²) in [6.07, 6.45) is 4.50. The van der Waals surface area contributed by atoms with E-state index in [4.69, 9.17) is 0 Å². The van der Waals surface area contributed by atoms with Gasteiger partial charge in [-0.1, -0.05) is 30.3 Å². The molecule has 0 radical (unpaired) electrons. The summed E-state index contributed by atoms with van der Waals surface area (Å²) in [7, 11) is 0. The van der Waals surface area contributed by atoms with Crippen LogP contribution in [0.2, 0.25) is 0 Å².